The number of hydrogen-bond donors (Lipinski definition) is 1. The number of hydrogen-bond acceptors (Lipinski definition) is 3. The molecule has 0 spiro atoms. The Hall–Kier alpha value is -1.71. The molecular formula is C15H23NO3. The Labute approximate surface area is 115 Å². The highest BCUT2D eigenvalue weighted by atomic mass is 16.5. The molecule has 0 aliphatic heterocycles. The SMILES string of the molecule is COc1ccc(CC(=O)NCC(C)(C)C)cc1OC. The van der Waals surface area contributed by atoms with Gasteiger partial charge in [-0.05, 0) is 23.1 Å². The van der Waals surface area contributed by atoms with E-state index in [0.717, 1.165) is 5.56 Å². The van der Waals surface area contributed by atoms with Crippen LogP contribution in [0.3, 0.4) is 0 Å². The van der Waals surface area contributed by atoms with Crippen LogP contribution in [0.4, 0.5) is 0 Å². The summed E-state index contributed by atoms with van der Waals surface area (Å²) in [7, 11) is 3.18. The quantitative estimate of drug-likeness (QED) is 0.889. The number of methoxy groups -OCH3 is 2. The largest absolute Gasteiger partial charge is 0.493 e. The second-order valence-electron chi connectivity index (χ2n) is 5.70. The molecule has 0 unspecified atom stereocenters. The van der Waals surface area contributed by atoms with E-state index < -0.39 is 0 Å². The van der Waals surface area contributed by atoms with Crippen LogP contribution < -0.4 is 14.8 Å². The third-order valence-corrected chi connectivity index (χ3v) is 2.63. The molecule has 1 amide bonds. The van der Waals surface area contributed by atoms with Crippen molar-refractivity contribution in [2.24, 2.45) is 5.41 Å². The van der Waals surface area contributed by atoms with E-state index in [2.05, 4.69) is 26.1 Å². The van der Waals surface area contributed by atoms with Crippen LogP contribution >= 0.6 is 0 Å². The van der Waals surface area contributed by atoms with Crippen LogP contribution in [0.5, 0.6) is 11.5 Å². The maximum absolute atomic E-state index is 11.8. The van der Waals surface area contributed by atoms with E-state index in [4.69, 9.17) is 9.47 Å². The van der Waals surface area contributed by atoms with E-state index in [1.807, 2.05) is 18.2 Å². The van der Waals surface area contributed by atoms with Gasteiger partial charge in [-0.3, -0.25) is 4.79 Å². The summed E-state index contributed by atoms with van der Waals surface area (Å²) in [6.07, 6.45) is 0.344. The molecule has 19 heavy (non-hydrogen) atoms. The van der Waals surface area contributed by atoms with Crippen molar-refractivity contribution in [1.82, 2.24) is 5.32 Å². The van der Waals surface area contributed by atoms with E-state index in [0.29, 0.717) is 24.5 Å². The zero-order valence-corrected chi connectivity index (χ0v) is 12.4. The van der Waals surface area contributed by atoms with Crippen molar-refractivity contribution in [1.29, 1.82) is 0 Å². The van der Waals surface area contributed by atoms with Crippen molar-refractivity contribution in [3.8, 4) is 11.5 Å². The zero-order chi connectivity index (χ0) is 14.5. The monoisotopic (exact) mass is 265 g/mol. The van der Waals surface area contributed by atoms with E-state index in [1.54, 1.807) is 14.2 Å². The Balaban J connectivity index is 2.64. The lowest BCUT2D eigenvalue weighted by atomic mass is 9.97. The number of carbonyl (C=O) groups excluding carboxylic acids is 1. The Morgan fingerprint density at radius 2 is 1.79 bits per heavy atom. The first-order chi connectivity index (χ1) is 8.85. The van der Waals surface area contributed by atoms with Gasteiger partial charge in [0.05, 0.1) is 20.6 Å². The number of ether oxygens (including phenoxy) is 2. The summed E-state index contributed by atoms with van der Waals surface area (Å²) >= 11 is 0. The summed E-state index contributed by atoms with van der Waals surface area (Å²) in [5.74, 6) is 1.33. The number of carbonyl (C=O) groups is 1. The van der Waals surface area contributed by atoms with Gasteiger partial charge in [-0.15, -0.1) is 0 Å². The van der Waals surface area contributed by atoms with Gasteiger partial charge in [0.15, 0.2) is 11.5 Å². The molecule has 0 fully saturated rings. The molecule has 0 atom stereocenters. The lowest BCUT2D eigenvalue weighted by molar-refractivity contribution is -0.120. The molecule has 1 N–H and O–H groups in total. The molecule has 0 saturated heterocycles. The maximum atomic E-state index is 11.8. The molecule has 1 aromatic carbocycles. The molecule has 0 aliphatic rings. The van der Waals surface area contributed by atoms with Crippen LogP contribution in [0.2, 0.25) is 0 Å². The fraction of sp³-hybridized carbons (Fsp3) is 0.533. The van der Waals surface area contributed by atoms with E-state index >= 15 is 0 Å². The highest BCUT2D eigenvalue weighted by Crippen LogP contribution is 2.27. The van der Waals surface area contributed by atoms with Crippen molar-refractivity contribution in [3.05, 3.63) is 23.8 Å². The average molecular weight is 265 g/mol. The predicted molar refractivity (Wildman–Crippen MR) is 75.7 cm³/mol. The number of amides is 1. The second kappa shape index (κ2) is 6.45. The summed E-state index contributed by atoms with van der Waals surface area (Å²) in [5.41, 5.74) is 0.997. The van der Waals surface area contributed by atoms with Gasteiger partial charge in [-0.2, -0.15) is 0 Å². The standard InChI is InChI=1S/C15H23NO3/c1-15(2,3)10-16-14(17)9-11-6-7-12(18-4)13(8-11)19-5/h6-8H,9-10H2,1-5H3,(H,16,17). The number of benzene rings is 1. The summed E-state index contributed by atoms with van der Waals surface area (Å²) in [6.45, 7) is 6.93. The van der Waals surface area contributed by atoms with Crippen molar-refractivity contribution in [2.75, 3.05) is 20.8 Å². The third kappa shape index (κ3) is 5.20. The topological polar surface area (TPSA) is 47.6 Å². The normalized spacial score (nSPS) is 11.0. The first kappa shape index (κ1) is 15.3. The van der Waals surface area contributed by atoms with Crippen molar-refractivity contribution in [2.45, 2.75) is 27.2 Å². The molecule has 0 aliphatic carbocycles. The second-order valence-corrected chi connectivity index (χ2v) is 5.70. The molecule has 4 nitrogen and oxygen atoms in total. The molecule has 1 aromatic rings. The molecule has 0 radical (unpaired) electrons. The Kier molecular flexibility index (Phi) is 5.21. The minimum absolute atomic E-state index is 0.0159. The first-order valence-corrected chi connectivity index (χ1v) is 6.33. The Bertz CT molecular complexity index is 436. The van der Waals surface area contributed by atoms with Crippen molar-refractivity contribution in [3.63, 3.8) is 0 Å². The van der Waals surface area contributed by atoms with E-state index in [9.17, 15) is 4.79 Å². The van der Waals surface area contributed by atoms with E-state index in [1.165, 1.54) is 0 Å². The molecule has 0 bridgehead atoms. The highest BCUT2D eigenvalue weighted by molar-refractivity contribution is 5.78. The van der Waals surface area contributed by atoms with Gasteiger partial charge in [0, 0.05) is 6.54 Å². The maximum Gasteiger partial charge on any atom is 0.224 e. The van der Waals surface area contributed by atoms with Gasteiger partial charge in [-0.25, -0.2) is 0 Å². The minimum atomic E-state index is 0.0159. The predicted octanol–water partition coefficient (Wildman–Crippen LogP) is 2.41. The molecule has 4 heteroatoms. The molecule has 106 valence electrons. The summed E-state index contributed by atoms with van der Waals surface area (Å²) in [4.78, 5) is 11.8. The number of nitrogens with one attached hydrogen (secondary N) is 1. The minimum Gasteiger partial charge on any atom is -0.493 e. The van der Waals surface area contributed by atoms with Gasteiger partial charge in [0.2, 0.25) is 5.91 Å². The van der Waals surface area contributed by atoms with Gasteiger partial charge >= 0.3 is 0 Å². The first-order valence-electron chi connectivity index (χ1n) is 6.33. The molecule has 1 rings (SSSR count). The van der Waals surface area contributed by atoms with Crippen LogP contribution in [0.15, 0.2) is 18.2 Å². The molecular weight excluding hydrogens is 242 g/mol. The van der Waals surface area contributed by atoms with Crippen LogP contribution in [-0.4, -0.2) is 26.7 Å². The smallest absolute Gasteiger partial charge is 0.224 e. The van der Waals surface area contributed by atoms with Gasteiger partial charge in [0.1, 0.15) is 0 Å². The van der Waals surface area contributed by atoms with Crippen molar-refractivity contribution >= 4 is 5.91 Å². The molecule has 0 saturated carbocycles. The fourth-order valence-corrected chi connectivity index (χ4v) is 1.60. The van der Waals surface area contributed by atoms with Crippen molar-refractivity contribution < 1.29 is 14.3 Å². The summed E-state index contributed by atoms with van der Waals surface area (Å²) in [6, 6.07) is 5.51. The van der Waals surface area contributed by atoms with Gasteiger partial charge in [-0.1, -0.05) is 26.8 Å². The fourth-order valence-electron chi connectivity index (χ4n) is 1.60. The average Bonchev–Trinajstić information content (AvgIpc) is 2.35. The Morgan fingerprint density at radius 1 is 1.16 bits per heavy atom. The third-order valence-electron chi connectivity index (χ3n) is 2.63. The van der Waals surface area contributed by atoms with Crippen LogP contribution in [0.25, 0.3) is 0 Å². The lowest BCUT2D eigenvalue weighted by Crippen LogP contribution is -2.33. The van der Waals surface area contributed by atoms with E-state index in [-0.39, 0.29) is 11.3 Å². The van der Waals surface area contributed by atoms with Crippen LogP contribution in [-0.2, 0) is 11.2 Å². The summed E-state index contributed by atoms with van der Waals surface area (Å²) < 4.78 is 10.4. The molecule has 0 heterocycles. The highest BCUT2D eigenvalue weighted by Gasteiger charge is 2.13. The molecule has 0 aromatic heterocycles. The zero-order valence-electron chi connectivity index (χ0n) is 12.4. The summed E-state index contributed by atoms with van der Waals surface area (Å²) in [5, 5.41) is 2.93. The van der Waals surface area contributed by atoms with Gasteiger partial charge in [0.25, 0.3) is 0 Å². The van der Waals surface area contributed by atoms with Crippen LogP contribution in [0, 0.1) is 5.41 Å². The lowest BCUT2D eigenvalue weighted by Gasteiger charge is -2.18. The van der Waals surface area contributed by atoms with Crippen LogP contribution in [0.1, 0.15) is 26.3 Å². The number of rotatable bonds is 5. The Morgan fingerprint density at radius 3 is 2.32 bits per heavy atom. The van der Waals surface area contributed by atoms with Gasteiger partial charge < -0.3 is 14.8 Å².